The highest BCUT2D eigenvalue weighted by Gasteiger charge is 2.29. The lowest BCUT2D eigenvalue weighted by molar-refractivity contribution is 0.0662. The fraction of sp³-hybridized carbons (Fsp3) is 0.167. The third-order valence-electron chi connectivity index (χ3n) is 6.75. The Balaban J connectivity index is 1.56. The lowest BCUT2D eigenvalue weighted by Crippen LogP contribution is -2.34. The van der Waals surface area contributed by atoms with Crippen molar-refractivity contribution in [3.63, 3.8) is 0 Å². The minimum Gasteiger partial charge on any atom is -0.475 e. The molecule has 0 bridgehead atoms. The van der Waals surface area contributed by atoms with Gasteiger partial charge in [-0.25, -0.2) is 13.2 Å². The van der Waals surface area contributed by atoms with Gasteiger partial charge in [0.05, 0.1) is 23.4 Å². The first kappa shape index (κ1) is 28.9. The Morgan fingerprint density at radius 2 is 1.83 bits per heavy atom. The SMILES string of the molecule is CCN(c1ccc(Cl)cc1CN(Cc1ccco1)C(=O)c1ccccn1)S(=O)(=O)c1ccc2oc(C(=O)O)c(C)c2c1. The molecule has 0 saturated carbocycles. The van der Waals surface area contributed by atoms with Crippen LogP contribution in [0.4, 0.5) is 5.69 Å². The number of carbonyl (C=O) groups excluding carboxylic acids is 1. The average molecular weight is 608 g/mol. The molecule has 5 rings (SSSR count). The van der Waals surface area contributed by atoms with Crippen LogP contribution in [0.5, 0.6) is 0 Å². The van der Waals surface area contributed by atoms with E-state index in [1.165, 1.54) is 39.9 Å². The number of pyridine rings is 1. The third kappa shape index (κ3) is 5.61. The summed E-state index contributed by atoms with van der Waals surface area (Å²) in [6, 6.07) is 17.5. The van der Waals surface area contributed by atoms with Crippen molar-refractivity contribution in [3.8, 4) is 0 Å². The number of rotatable bonds is 10. The highest BCUT2D eigenvalue weighted by atomic mass is 35.5. The summed E-state index contributed by atoms with van der Waals surface area (Å²) < 4.78 is 40.2. The minimum atomic E-state index is -4.15. The number of amides is 1. The molecule has 42 heavy (non-hydrogen) atoms. The second kappa shape index (κ2) is 11.7. The number of aromatic carboxylic acids is 1. The number of aromatic nitrogens is 1. The number of benzene rings is 2. The van der Waals surface area contributed by atoms with Gasteiger partial charge in [0, 0.05) is 35.3 Å². The predicted octanol–water partition coefficient (Wildman–Crippen LogP) is 6.14. The van der Waals surface area contributed by atoms with Gasteiger partial charge >= 0.3 is 5.97 Å². The number of hydrogen-bond donors (Lipinski definition) is 1. The molecule has 0 unspecified atom stereocenters. The summed E-state index contributed by atoms with van der Waals surface area (Å²) in [6.45, 7) is 3.42. The van der Waals surface area contributed by atoms with Crippen LogP contribution < -0.4 is 4.31 Å². The molecule has 0 spiro atoms. The van der Waals surface area contributed by atoms with Gasteiger partial charge in [-0.05, 0) is 80.1 Å². The first-order valence-corrected chi connectivity index (χ1v) is 14.7. The summed E-state index contributed by atoms with van der Waals surface area (Å²) in [6.07, 6.45) is 3.03. The summed E-state index contributed by atoms with van der Waals surface area (Å²) in [5.74, 6) is -1.33. The van der Waals surface area contributed by atoms with Gasteiger partial charge in [0.15, 0.2) is 0 Å². The van der Waals surface area contributed by atoms with Crippen LogP contribution in [0.3, 0.4) is 0 Å². The first-order chi connectivity index (χ1) is 20.1. The van der Waals surface area contributed by atoms with Gasteiger partial charge in [0.2, 0.25) is 5.76 Å². The van der Waals surface area contributed by atoms with E-state index in [-0.39, 0.29) is 47.5 Å². The molecule has 5 aromatic rings. The van der Waals surface area contributed by atoms with E-state index in [4.69, 9.17) is 20.4 Å². The molecule has 0 aliphatic carbocycles. The molecule has 1 amide bonds. The molecule has 0 aliphatic heterocycles. The van der Waals surface area contributed by atoms with Crippen molar-refractivity contribution in [2.75, 3.05) is 10.8 Å². The number of halogens is 1. The van der Waals surface area contributed by atoms with Crippen LogP contribution in [-0.4, -0.2) is 41.8 Å². The molecule has 10 nitrogen and oxygen atoms in total. The van der Waals surface area contributed by atoms with Crippen molar-refractivity contribution in [2.24, 2.45) is 0 Å². The summed E-state index contributed by atoms with van der Waals surface area (Å²) in [7, 11) is -4.15. The zero-order valence-corrected chi connectivity index (χ0v) is 24.2. The van der Waals surface area contributed by atoms with E-state index in [1.54, 1.807) is 62.4 Å². The van der Waals surface area contributed by atoms with Gasteiger partial charge in [0.25, 0.3) is 15.9 Å². The quantitative estimate of drug-likeness (QED) is 0.200. The number of nitrogens with zero attached hydrogens (tertiary/aromatic N) is 3. The molecule has 0 saturated heterocycles. The Morgan fingerprint density at radius 1 is 1.02 bits per heavy atom. The molecule has 0 radical (unpaired) electrons. The summed E-state index contributed by atoms with van der Waals surface area (Å²) in [4.78, 5) is 30.7. The molecule has 0 fully saturated rings. The number of carboxylic acids is 1. The van der Waals surface area contributed by atoms with E-state index in [0.29, 0.717) is 33.0 Å². The Morgan fingerprint density at radius 3 is 2.50 bits per heavy atom. The molecule has 12 heteroatoms. The Labute approximate surface area is 246 Å². The number of aryl methyl sites for hydroxylation is 1. The molecular formula is C30H26ClN3O7S. The van der Waals surface area contributed by atoms with Crippen LogP contribution in [0.1, 0.15) is 44.9 Å². The van der Waals surface area contributed by atoms with Crippen LogP contribution in [-0.2, 0) is 23.1 Å². The number of carboxylic acid groups (broad SMARTS) is 1. The number of furan rings is 2. The Bertz CT molecular complexity index is 1870. The van der Waals surface area contributed by atoms with E-state index in [9.17, 15) is 23.1 Å². The summed E-state index contributed by atoms with van der Waals surface area (Å²) in [5.41, 5.74) is 1.62. The fourth-order valence-corrected chi connectivity index (χ4v) is 6.47. The molecule has 0 atom stereocenters. The number of fused-ring (bicyclic) bond motifs is 1. The molecule has 2 aromatic carbocycles. The van der Waals surface area contributed by atoms with Crippen molar-refractivity contribution in [1.29, 1.82) is 0 Å². The average Bonchev–Trinajstić information content (AvgIpc) is 3.61. The molecule has 0 aliphatic rings. The number of anilines is 1. The highest BCUT2D eigenvalue weighted by molar-refractivity contribution is 7.92. The number of carbonyl (C=O) groups is 2. The zero-order chi connectivity index (χ0) is 30.0. The second-order valence-electron chi connectivity index (χ2n) is 9.42. The zero-order valence-electron chi connectivity index (χ0n) is 22.7. The molecule has 216 valence electrons. The fourth-order valence-electron chi connectivity index (χ4n) is 4.73. The maximum Gasteiger partial charge on any atom is 0.372 e. The third-order valence-corrected chi connectivity index (χ3v) is 8.87. The van der Waals surface area contributed by atoms with Crippen molar-refractivity contribution in [2.45, 2.75) is 31.8 Å². The van der Waals surface area contributed by atoms with E-state index >= 15 is 0 Å². The molecule has 3 aromatic heterocycles. The number of hydrogen-bond acceptors (Lipinski definition) is 7. The number of sulfonamides is 1. The predicted molar refractivity (Wildman–Crippen MR) is 156 cm³/mol. The minimum absolute atomic E-state index is 0.000133. The van der Waals surface area contributed by atoms with E-state index in [2.05, 4.69) is 4.98 Å². The van der Waals surface area contributed by atoms with Crippen molar-refractivity contribution >= 4 is 50.2 Å². The van der Waals surface area contributed by atoms with Gasteiger partial charge in [-0.3, -0.25) is 14.1 Å². The van der Waals surface area contributed by atoms with Crippen LogP contribution in [0.2, 0.25) is 5.02 Å². The van der Waals surface area contributed by atoms with Crippen molar-refractivity contribution < 1.29 is 31.9 Å². The van der Waals surface area contributed by atoms with Crippen LogP contribution in [0, 0.1) is 6.92 Å². The van der Waals surface area contributed by atoms with E-state index in [0.717, 1.165) is 0 Å². The van der Waals surface area contributed by atoms with Gasteiger partial charge in [-0.2, -0.15) is 0 Å². The van der Waals surface area contributed by atoms with Gasteiger partial charge in [-0.15, -0.1) is 0 Å². The van der Waals surface area contributed by atoms with Gasteiger partial charge < -0.3 is 18.8 Å². The van der Waals surface area contributed by atoms with Crippen molar-refractivity contribution in [1.82, 2.24) is 9.88 Å². The lowest BCUT2D eigenvalue weighted by atomic mass is 10.1. The van der Waals surface area contributed by atoms with Crippen molar-refractivity contribution in [3.05, 3.63) is 113 Å². The second-order valence-corrected chi connectivity index (χ2v) is 11.7. The monoisotopic (exact) mass is 607 g/mol. The maximum atomic E-state index is 14.0. The smallest absolute Gasteiger partial charge is 0.372 e. The van der Waals surface area contributed by atoms with E-state index < -0.39 is 16.0 Å². The topological polar surface area (TPSA) is 134 Å². The molecular weight excluding hydrogens is 582 g/mol. The summed E-state index contributed by atoms with van der Waals surface area (Å²) in [5, 5.41) is 10.2. The van der Waals surface area contributed by atoms with E-state index in [1.807, 2.05) is 0 Å². The normalized spacial score (nSPS) is 11.5. The van der Waals surface area contributed by atoms with Crippen LogP contribution in [0.25, 0.3) is 11.0 Å². The Hall–Kier alpha value is -4.61. The standard InChI is InChI=1S/C30H26ClN3O7S/c1-3-34(42(38,39)23-10-12-27-24(16-23)19(2)28(41-27)30(36)37)26-11-9-21(31)15-20(26)17-33(18-22-7-6-14-40-22)29(35)25-8-4-5-13-32-25/h4-16H,3,17-18H2,1-2H3,(H,36,37). The molecule has 1 N–H and O–H groups in total. The largest absolute Gasteiger partial charge is 0.475 e. The van der Waals surface area contributed by atoms with Crippen LogP contribution >= 0.6 is 11.6 Å². The summed E-state index contributed by atoms with van der Waals surface area (Å²) >= 11 is 6.37. The lowest BCUT2D eigenvalue weighted by Gasteiger charge is -2.28. The van der Waals surface area contributed by atoms with Crippen LogP contribution in [0.15, 0.2) is 92.9 Å². The van der Waals surface area contributed by atoms with Gasteiger partial charge in [-0.1, -0.05) is 17.7 Å². The highest BCUT2D eigenvalue weighted by Crippen LogP contribution is 2.33. The Kier molecular flexibility index (Phi) is 8.06. The van der Waals surface area contributed by atoms with Gasteiger partial charge in [0.1, 0.15) is 17.0 Å². The maximum absolute atomic E-state index is 14.0. The molecule has 3 heterocycles. The first-order valence-electron chi connectivity index (χ1n) is 12.9.